The van der Waals surface area contributed by atoms with Crippen LogP contribution in [0.15, 0.2) is 0 Å². The topological polar surface area (TPSA) is 118 Å². The van der Waals surface area contributed by atoms with Crippen LogP contribution >= 0.6 is 0 Å². The fraction of sp³-hybridized carbons (Fsp3) is 0.750. The second-order valence-corrected chi connectivity index (χ2v) is 5.84. The summed E-state index contributed by atoms with van der Waals surface area (Å²) in [6, 6.07) is -0.974. The van der Waals surface area contributed by atoms with Crippen molar-refractivity contribution in [3.05, 3.63) is 5.53 Å². The summed E-state index contributed by atoms with van der Waals surface area (Å²) in [5, 5.41) is 2.59. The van der Waals surface area contributed by atoms with Crippen LogP contribution in [0.4, 0.5) is 0 Å². The zero-order valence-corrected chi connectivity index (χ0v) is 14.9. The van der Waals surface area contributed by atoms with Gasteiger partial charge in [0.15, 0.2) is 0 Å². The van der Waals surface area contributed by atoms with Gasteiger partial charge in [-0.25, -0.2) is 4.79 Å². The maximum atomic E-state index is 12.4. The first-order chi connectivity index (χ1) is 11.3. The molecule has 136 valence electrons. The number of hydrogen-bond acceptors (Lipinski definition) is 5. The Morgan fingerprint density at radius 2 is 1.88 bits per heavy atom. The third kappa shape index (κ3) is 7.99. The number of carbonyl (C=O) groups excluding carboxylic acids is 3. The lowest BCUT2D eigenvalue weighted by Gasteiger charge is -2.24. The van der Waals surface area contributed by atoms with Crippen molar-refractivity contribution in [2.75, 3.05) is 7.11 Å². The molecule has 0 saturated heterocycles. The second kappa shape index (κ2) is 11.5. The van der Waals surface area contributed by atoms with Crippen LogP contribution in [0, 0.1) is 5.92 Å². The van der Waals surface area contributed by atoms with Gasteiger partial charge in [0.2, 0.25) is 11.7 Å². The molecule has 0 aliphatic rings. The van der Waals surface area contributed by atoms with Gasteiger partial charge in [-0.1, -0.05) is 20.3 Å². The maximum Gasteiger partial charge on any atom is 0.328 e. The number of nitrogens with zero attached hydrogens (tertiary/aromatic N) is 2. The molecule has 0 aromatic carbocycles. The van der Waals surface area contributed by atoms with Gasteiger partial charge in [-0.3, -0.25) is 9.59 Å². The van der Waals surface area contributed by atoms with Crippen LogP contribution in [0.25, 0.3) is 5.53 Å². The van der Waals surface area contributed by atoms with Gasteiger partial charge in [0.25, 0.3) is 0 Å². The number of nitrogens with one attached hydrogen (secondary N) is 1. The zero-order chi connectivity index (χ0) is 18.7. The fourth-order valence-corrected chi connectivity index (χ4v) is 2.04. The molecule has 0 aromatic rings. The second-order valence-electron chi connectivity index (χ2n) is 5.84. The first-order valence-electron chi connectivity index (χ1n) is 8.00. The predicted molar refractivity (Wildman–Crippen MR) is 87.3 cm³/mol. The summed E-state index contributed by atoms with van der Waals surface area (Å²) in [6.07, 6.45) is 0.420. The van der Waals surface area contributed by atoms with Crippen molar-refractivity contribution in [2.45, 2.75) is 65.2 Å². The number of ether oxygens (including phenoxy) is 2. The Labute approximate surface area is 142 Å². The van der Waals surface area contributed by atoms with E-state index < -0.39 is 29.8 Å². The standard InChI is InChI=1S/C16H27N3O5/c1-6-11(4)14(23-5)15(21)19-13(16(22)24-10(2)3)8-7-12(20)9-18-17/h9-11,13-14H,6-8H2,1-5H3,(H,19,21)/t11-,13+,14+/m1/s1. The molecular weight excluding hydrogens is 314 g/mol. The van der Waals surface area contributed by atoms with E-state index in [4.69, 9.17) is 15.0 Å². The van der Waals surface area contributed by atoms with E-state index in [1.165, 1.54) is 7.11 Å². The summed E-state index contributed by atoms with van der Waals surface area (Å²) in [4.78, 5) is 38.6. The smallest absolute Gasteiger partial charge is 0.328 e. The first-order valence-corrected chi connectivity index (χ1v) is 8.00. The quantitative estimate of drug-likeness (QED) is 0.261. The van der Waals surface area contributed by atoms with Gasteiger partial charge in [-0.2, -0.15) is 4.79 Å². The fourth-order valence-electron chi connectivity index (χ4n) is 2.04. The molecule has 0 heterocycles. The summed E-state index contributed by atoms with van der Waals surface area (Å²) in [6.45, 7) is 7.19. The Morgan fingerprint density at radius 1 is 1.25 bits per heavy atom. The Hall–Kier alpha value is -2.05. The molecule has 0 fully saturated rings. The number of hydrogen-bond donors (Lipinski definition) is 1. The van der Waals surface area contributed by atoms with Crippen LogP contribution in [-0.4, -0.2) is 54.0 Å². The molecule has 0 rings (SSSR count). The predicted octanol–water partition coefficient (Wildman–Crippen LogP) is 1.13. The number of amides is 1. The number of ketones is 1. The summed E-state index contributed by atoms with van der Waals surface area (Å²) in [5.41, 5.74) is 8.34. The Balaban J connectivity index is 5.03. The van der Waals surface area contributed by atoms with Crippen molar-refractivity contribution in [3.8, 4) is 0 Å². The highest BCUT2D eigenvalue weighted by atomic mass is 16.5. The largest absolute Gasteiger partial charge is 0.461 e. The van der Waals surface area contributed by atoms with Crippen molar-refractivity contribution in [3.63, 3.8) is 0 Å². The SMILES string of the molecule is CC[C@@H](C)[C@H](OC)C(=O)N[C@@H](CCC(=O)C=[N+]=[N-])C(=O)OC(C)C. The molecule has 0 unspecified atom stereocenters. The third-order valence-corrected chi connectivity index (χ3v) is 3.51. The summed E-state index contributed by atoms with van der Waals surface area (Å²) >= 11 is 0. The highest BCUT2D eigenvalue weighted by molar-refractivity contribution is 6.25. The normalized spacial score (nSPS) is 14.2. The van der Waals surface area contributed by atoms with Crippen LogP contribution in [0.3, 0.4) is 0 Å². The van der Waals surface area contributed by atoms with Crippen molar-refractivity contribution < 1.29 is 28.6 Å². The van der Waals surface area contributed by atoms with E-state index >= 15 is 0 Å². The van der Waals surface area contributed by atoms with Gasteiger partial charge < -0.3 is 20.3 Å². The maximum absolute atomic E-state index is 12.4. The number of esters is 1. The van der Waals surface area contributed by atoms with Gasteiger partial charge in [-0.05, 0) is 26.2 Å². The molecule has 0 aromatic heterocycles. The van der Waals surface area contributed by atoms with Crippen molar-refractivity contribution in [1.29, 1.82) is 0 Å². The van der Waals surface area contributed by atoms with E-state index in [9.17, 15) is 14.4 Å². The zero-order valence-electron chi connectivity index (χ0n) is 14.9. The van der Waals surface area contributed by atoms with Crippen molar-refractivity contribution >= 4 is 23.9 Å². The highest BCUT2D eigenvalue weighted by Crippen LogP contribution is 2.12. The summed E-state index contributed by atoms with van der Waals surface area (Å²) < 4.78 is 10.3. The molecule has 8 nitrogen and oxygen atoms in total. The third-order valence-electron chi connectivity index (χ3n) is 3.51. The van der Waals surface area contributed by atoms with E-state index in [-0.39, 0.29) is 24.9 Å². The number of rotatable bonds is 11. The molecule has 8 heteroatoms. The van der Waals surface area contributed by atoms with Crippen molar-refractivity contribution in [2.24, 2.45) is 5.92 Å². The minimum Gasteiger partial charge on any atom is -0.461 e. The molecule has 0 aliphatic carbocycles. The highest BCUT2D eigenvalue weighted by Gasteiger charge is 2.30. The summed E-state index contributed by atoms with van der Waals surface area (Å²) in [5.74, 6) is -1.54. The van der Waals surface area contributed by atoms with Gasteiger partial charge in [0.05, 0.1) is 6.10 Å². The van der Waals surface area contributed by atoms with Gasteiger partial charge in [-0.15, -0.1) is 0 Å². The first kappa shape index (κ1) is 21.9. The van der Waals surface area contributed by atoms with Crippen molar-refractivity contribution in [1.82, 2.24) is 5.32 Å². The molecular formula is C16H27N3O5. The lowest BCUT2D eigenvalue weighted by atomic mass is 10.0. The van der Waals surface area contributed by atoms with Crippen LogP contribution < -0.4 is 5.32 Å². The Kier molecular flexibility index (Phi) is 10.5. The monoisotopic (exact) mass is 341 g/mol. The Bertz CT molecular complexity index is 486. The molecule has 3 atom stereocenters. The van der Waals surface area contributed by atoms with E-state index in [1.807, 2.05) is 13.8 Å². The molecule has 1 N–H and O–H groups in total. The number of Topliss-reactive ketones (excluding diaryl/α,β-unsaturated/α-hetero) is 1. The molecule has 0 radical (unpaired) electrons. The van der Waals surface area contributed by atoms with Gasteiger partial charge in [0.1, 0.15) is 12.1 Å². The van der Waals surface area contributed by atoms with E-state index in [0.717, 1.165) is 12.6 Å². The molecule has 0 spiro atoms. The van der Waals surface area contributed by atoms with E-state index in [0.29, 0.717) is 0 Å². The van der Waals surface area contributed by atoms with E-state index in [1.54, 1.807) is 13.8 Å². The van der Waals surface area contributed by atoms with Gasteiger partial charge >= 0.3 is 12.2 Å². The van der Waals surface area contributed by atoms with Crippen LogP contribution in [0.5, 0.6) is 0 Å². The number of carbonyl (C=O) groups is 3. The molecule has 1 amide bonds. The lowest BCUT2D eigenvalue weighted by molar-refractivity contribution is -0.153. The molecule has 0 aliphatic heterocycles. The Morgan fingerprint density at radius 3 is 2.33 bits per heavy atom. The average molecular weight is 341 g/mol. The molecule has 0 bridgehead atoms. The lowest BCUT2D eigenvalue weighted by Crippen LogP contribution is -2.49. The van der Waals surface area contributed by atoms with Crippen LogP contribution in [0.2, 0.25) is 0 Å². The minimum atomic E-state index is -0.974. The molecule has 24 heavy (non-hydrogen) atoms. The van der Waals surface area contributed by atoms with Gasteiger partial charge in [0, 0.05) is 13.5 Å². The van der Waals surface area contributed by atoms with E-state index in [2.05, 4.69) is 10.1 Å². The van der Waals surface area contributed by atoms with Crippen LogP contribution in [-0.2, 0) is 23.9 Å². The number of methoxy groups -OCH3 is 1. The average Bonchev–Trinajstić information content (AvgIpc) is 2.51. The van der Waals surface area contributed by atoms with Crippen LogP contribution in [0.1, 0.15) is 47.0 Å². The summed E-state index contributed by atoms with van der Waals surface area (Å²) in [7, 11) is 1.43. The minimum absolute atomic E-state index is 0.0278. The molecule has 0 saturated carbocycles.